The lowest BCUT2D eigenvalue weighted by Crippen LogP contribution is -1.99. The molecule has 0 aliphatic heterocycles. The molecule has 0 atom stereocenters. The van der Waals surface area contributed by atoms with Crippen LogP contribution in [0.2, 0.25) is 0 Å². The third-order valence-corrected chi connectivity index (χ3v) is 2.62. The molecule has 0 aromatic heterocycles. The smallest absolute Gasteiger partial charge is 0.129 e. The van der Waals surface area contributed by atoms with Gasteiger partial charge in [0.25, 0.3) is 0 Å². The van der Waals surface area contributed by atoms with Crippen LogP contribution >= 0.6 is 0 Å². The molecular formula is C14H12F2O. The highest BCUT2D eigenvalue weighted by molar-refractivity contribution is 5.38. The molecule has 3 heteroatoms. The molecule has 2 rings (SSSR count). The average molecular weight is 234 g/mol. The lowest BCUT2D eigenvalue weighted by atomic mass is 10.0. The summed E-state index contributed by atoms with van der Waals surface area (Å²) in [5, 5.41) is 0. The van der Waals surface area contributed by atoms with Crippen LogP contribution in [-0.4, -0.2) is 7.11 Å². The fraction of sp³-hybridized carbons (Fsp3) is 0.143. The number of rotatable bonds is 3. The number of hydrogen-bond donors (Lipinski definition) is 0. The van der Waals surface area contributed by atoms with Crippen LogP contribution in [0, 0.1) is 11.6 Å². The summed E-state index contributed by atoms with van der Waals surface area (Å²) in [7, 11) is 1.54. The lowest BCUT2D eigenvalue weighted by molar-refractivity contribution is 0.410. The molecule has 0 fully saturated rings. The highest BCUT2D eigenvalue weighted by Crippen LogP contribution is 2.23. The van der Waals surface area contributed by atoms with Gasteiger partial charge >= 0.3 is 0 Å². The first kappa shape index (κ1) is 11.6. The van der Waals surface area contributed by atoms with Gasteiger partial charge in [-0.15, -0.1) is 0 Å². The van der Waals surface area contributed by atoms with Crippen LogP contribution < -0.4 is 4.74 Å². The van der Waals surface area contributed by atoms with E-state index in [0.29, 0.717) is 5.75 Å². The zero-order valence-electron chi connectivity index (χ0n) is 9.41. The van der Waals surface area contributed by atoms with Crippen molar-refractivity contribution in [2.24, 2.45) is 0 Å². The predicted molar refractivity (Wildman–Crippen MR) is 62.2 cm³/mol. The number of benzene rings is 2. The van der Waals surface area contributed by atoms with E-state index >= 15 is 0 Å². The molecule has 0 heterocycles. The first-order chi connectivity index (χ1) is 8.22. The van der Waals surface area contributed by atoms with Crippen LogP contribution in [0.25, 0.3) is 0 Å². The summed E-state index contributed by atoms with van der Waals surface area (Å²) in [6, 6.07) is 11.1. The molecule has 0 unspecified atom stereocenters. The number of hydrogen-bond acceptors (Lipinski definition) is 1. The molecule has 17 heavy (non-hydrogen) atoms. The molecular weight excluding hydrogens is 222 g/mol. The summed E-state index contributed by atoms with van der Waals surface area (Å²) in [4.78, 5) is 0. The van der Waals surface area contributed by atoms with E-state index in [1.165, 1.54) is 25.3 Å². The Morgan fingerprint density at radius 1 is 0.941 bits per heavy atom. The zero-order valence-corrected chi connectivity index (χ0v) is 9.41. The van der Waals surface area contributed by atoms with E-state index in [0.717, 1.165) is 5.56 Å². The summed E-state index contributed by atoms with van der Waals surface area (Å²) >= 11 is 0. The summed E-state index contributed by atoms with van der Waals surface area (Å²) < 4.78 is 32.1. The van der Waals surface area contributed by atoms with Crippen molar-refractivity contribution in [3.8, 4) is 5.75 Å². The van der Waals surface area contributed by atoms with Crippen molar-refractivity contribution in [1.29, 1.82) is 0 Å². The van der Waals surface area contributed by atoms with Gasteiger partial charge in [-0.2, -0.15) is 0 Å². The monoisotopic (exact) mass is 234 g/mol. The van der Waals surface area contributed by atoms with E-state index in [1.807, 2.05) is 12.1 Å². The molecule has 2 aromatic carbocycles. The molecule has 0 saturated heterocycles. The SMILES string of the molecule is COc1ccccc1Cc1c(F)cccc1F. The van der Waals surface area contributed by atoms with Gasteiger partial charge in [0, 0.05) is 12.0 Å². The van der Waals surface area contributed by atoms with Gasteiger partial charge in [0.05, 0.1) is 7.11 Å². The first-order valence-electron chi connectivity index (χ1n) is 5.27. The molecule has 0 N–H and O–H groups in total. The van der Waals surface area contributed by atoms with Crippen molar-refractivity contribution in [1.82, 2.24) is 0 Å². The summed E-state index contributed by atoms with van der Waals surface area (Å²) in [6.45, 7) is 0. The van der Waals surface area contributed by atoms with Crippen LogP contribution in [0.3, 0.4) is 0 Å². The Bertz CT molecular complexity index is 503. The normalized spacial score (nSPS) is 10.3. The van der Waals surface area contributed by atoms with Crippen LogP contribution in [-0.2, 0) is 6.42 Å². The second-order valence-corrected chi connectivity index (χ2v) is 3.69. The highest BCUT2D eigenvalue weighted by Gasteiger charge is 2.11. The van der Waals surface area contributed by atoms with Gasteiger partial charge in [0.1, 0.15) is 17.4 Å². The van der Waals surface area contributed by atoms with Crippen LogP contribution in [0.5, 0.6) is 5.75 Å². The lowest BCUT2D eigenvalue weighted by Gasteiger charge is -2.09. The van der Waals surface area contributed by atoms with Gasteiger partial charge in [0.2, 0.25) is 0 Å². The van der Waals surface area contributed by atoms with Gasteiger partial charge in [-0.05, 0) is 23.8 Å². The second kappa shape index (κ2) is 4.95. The predicted octanol–water partition coefficient (Wildman–Crippen LogP) is 3.56. The van der Waals surface area contributed by atoms with Gasteiger partial charge in [0.15, 0.2) is 0 Å². The van der Waals surface area contributed by atoms with Gasteiger partial charge < -0.3 is 4.74 Å². The van der Waals surface area contributed by atoms with Crippen LogP contribution in [0.1, 0.15) is 11.1 Å². The van der Waals surface area contributed by atoms with E-state index in [9.17, 15) is 8.78 Å². The quantitative estimate of drug-likeness (QED) is 0.789. The van der Waals surface area contributed by atoms with Crippen molar-refractivity contribution in [2.75, 3.05) is 7.11 Å². The van der Waals surface area contributed by atoms with Gasteiger partial charge in [-0.25, -0.2) is 8.78 Å². The molecule has 1 nitrogen and oxygen atoms in total. The number of halogens is 2. The average Bonchev–Trinajstić information content (AvgIpc) is 2.34. The molecule has 0 saturated carbocycles. The summed E-state index contributed by atoms with van der Waals surface area (Å²) in [6.07, 6.45) is 0.183. The Kier molecular flexibility index (Phi) is 3.38. The minimum atomic E-state index is -0.532. The van der Waals surface area contributed by atoms with E-state index < -0.39 is 11.6 Å². The number of ether oxygens (including phenoxy) is 1. The van der Waals surface area contributed by atoms with Crippen molar-refractivity contribution >= 4 is 0 Å². The molecule has 0 aliphatic carbocycles. The third kappa shape index (κ3) is 2.44. The Labute approximate surface area is 98.7 Å². The molecule has 88 valence electrons. The minimum Gasteiger partial charge on any atom is -0.496 e. The largest absolute Gasteiger partial charge is 0.496 e. The van der Waals surface area contributed by atoms with Crippen LogP contribution in [0.4, 0.5) is 8.78 Å². The molecule has 0 bridgehead atoms. The zero-order chi connectivity index (χ0) is 12.3. The van der Waals surface area contributed by atoms with Crippen molar-refractivity contribution in [3.63, 3.8) is 0 Å². The van der Waals surface area contributed by atoms with E-state index in [2.05, 4.69) is 0 Å². The molecule has 0 amide bonds. The molecule has 0 spiro atoms. The first-order valence-corrected chi connectivity index (χ1v) is 5.27. The third-order valence-electron chi connectivity index (χ3n) is 2.62. The maximum atomic E-state index is 13.5. The Hall–Kier alpha value is -1.90. The van der Waals surface area contributed by atoms with Crippen molar-refractivity contribution < 1.29 is 13.5 Å². The van der Waals surface area contributed by atoms with Gasteiger partial charge in [-0.1, -0.05) is 24.3 Å². The Morgan fingerprint density at radius 2 is 1.59 bits per heavy atom. The van der Waals surface area contributed by atoms with E-state index in [-0.39, 0.29) is 12.0 Å². The van der Waals surface area contributed by atoms with Crippen molar-refractivity contribution in [2.45, 2.75) is 6.42 Å². The minimum absolute atomic E-state index is 0.0667. The Morgan fingerprint density at radius 3 is 2.24 bits per heavy atom. The van der Waals surface area contributed by atoms with E-state index in [1.54, 1.807) is 12.1 Å². The molecule has 0 radical (unpaired) electrons. The highest BCUT2D eigenvalue weighted by atomic mass is 19.1. The summed E-state index contributed by atoms with van der Waals surface area (Å²) in [5.41, 5.74) is 0.830. The fourth-order valence-corrected chi connectivity index (χ4v) is 1.74. The molecule has 0 aliphatic rings. The van der Waals surface area contributed by atoms with Crippen molar-refractivity contribution in [3.05, 3.63) is 65.2 Å². The number of methoxy groups -OCH3 is 1. The maximum absolute atomic E-state index is 13.5. The van der Waals surface area contributed by atoms with Crippen LogP contribution in [0.15, 0.2) is 42.5 Å². The van der Waals surface area contributed by atoms with E-state index in [4.69, 9.17) is 4.74 Å². The topological polar surface area (TPSA) is 9.23 Å². The van der Waals surface area contributed by atoms with Gasteiger partial charge in [-0.3, -0.25) is 0 Å². The second-order valence-electron chi connectivity index (χ2n) is 3.69. The standard InChI is InChI=1S/C14H12F2O/c1-17-14-8-3-2-5-10(14)9-11-12(15)6-4-7-13(11)16/h2-8H,9H2,1H3. The Balaban J connectivity index is 2.38. The fourth-order valence-electron chi connectivity index (χ4n) is 1.74. The maximum Gasteiger partial charge on any atom is 0.129 e. The summed E-state index contributed by atoms with van der Waals surface area (Å²) in [5.74, 6) is -0.429. The number of para-hydroxylation sites is 1. The molecule has 2 aromatic rings.